The summed E-state index contributed by atoms with van der Waals surface area (Å²) in [7, 11) is 0. The number of nitrogens with zero attached hydrogens (tertiary/aromatic N) is 4. The number of morpholine rings is 1. The molecule has 1 N–H and O–H groups in total. The molecule has 190 valence electrons. The summed E-state index contributed by atoms with van der Waals surface area (Å²) in [6.45, 7) is 4.66. The zero-order valence-corrected chi connectivity index (χ0v) is 21.8. The second-order valence-corrected chi connectivity index (χ2v) is 9.70. The molecule has 0 spiro atoms. The van der Waals surface area contributed by atoms with Gasteiger partial charge >= 0.3 is 0 Å². The van der Waals surface area contributed by atoms with Gasteiger partial charge in [-0.2, -0.15) is 0 Å². The van der Waals surface area contributed by atoms with Crippen LogP contribution in [0.1, 0.15) is 12.6 Å². The van der Waals surface area contributed by atoms with Crippen molar-refractivity contribution in [2.24, 2.45) is 0 Å². The summed E-state index contributed by atoms with van der Waals surface area (Å²) in [6.07, 6.45) is 5.06. The molecule has 1 saturated heterocycles. The molecule has 0 bridgehead atoms. The van der Waals surface area contributed by atoms with Gasteiger partial charge in [-0.1, -0.05) is 35.1 Å². The smallest absolute Gasteiger partial charge is 0.265 e. The number of amides is 1. The first-order chi connectivity index (χ1) is 18.1. The normalized spacial score (nSPS) is 14.2. The predicted octanol–water partition coefficient (Wildman–Crippen LogP) is 5.82. The van der Waals surface area contributed by atoms with Crippen molar-refractivity contribution in [2.45, 2.75) is 13.5 Å². The van der Waals surface area contributed by atoms with Gasteiger partial charge in [0.05, 0.1) is 39.8 Å². The fourth-order valence-electron chi connectivity index (χ4n) is 3.95. The summed E-state index contributed by atoms with van der Waals surface area (Å²) in [6, 6.07) is 17.1. The SMILES string of the molecule is C/C=C/C(=O)N(c1ccc2nc(Nc3ccc(OCc4ccccn4)c(Cl)c3)sc2c1)N1CCOCC1. The third-order valence-electron chi connectivity index (χ3n) is 5.69. The topological polar surface area (TPSA) is 79.8 Å². The third kappa shape index (κ3) is 6.08. The Morgan fingerprint density at radius 1 is 1.22 bits per heavy atom. The van der Waals surface area contributed by atoms with Crippen LogP contribution in [0.15, 0.2) is 72.9 Å². The number of thiazole rings is 1. The average molecular weight is 536 g/mol. The Morgan fingerprint density at radius 2 is 2.08 bits per heavy atom. The van der Waals surface area contributed by atoms with Crippen molar-refractivity contribution in [2.75, 3.05) is 36.6 Å². The van der Waals surface area contributed by atoms with E-state index in [0.717, 1.165) is 32.4 Å². The molecule has 8 nitrogen and oxygen atoms in total. The van der Waals surface area contributed by atoms with Crippen LogP contribution in [-0.4, -0.2) is 47.2 Å². The average Bonchev–Trinajstić information content (AvgIpc) is 3.31. The number of carbonyl (C=O) groups excluding carboxylic acids is 1. The van der Waals surface area contributed by atoms with E-state index in [9.17, 15) is 4.79 Å². The second kappa shape index (κ2) is 11.7. The quantitative estimate of drug-likeness (QED) is 0.285. The van der Waals surface area contributed by atoms with Crippen molar-refractivity contribution in [1.82, 2.24) is 15.0 Å². The van der Waals surface area contributed by atoms with Crippen LogP contribution < -0.4 is 15.1 Å². The first kappa shape index (κ1) is 25.2. The van der Waals surface area contributed by atoms with Crippen LogP contribution in [0.2, 0.25) is 5.02 Å². The summed E-state index contributed by atoms with van der Waals surface area (Å²) < 4.78 is 12.3. The van der Waals surface area contributed by atoms with Crippen LogP contribution in [-0.2, 0) is 16.1 Å². The maximum Gasteiger partial charge on any atom is 0.265 e. The standard InChI is InChI=1S/C27H26ClN5O3S/c1-2-5-26(34)33(32-12-14-35-15-13-32)21-8-9-23-25(17-21)37-27(31-23)30-19-7-10-24(22(28)16-19)36-18-20-6-3-4-11-29-20/h2-11,16-17H,12-15,18H2,1H3,(H,30,31)/b5-2+. The van der Waals surface area contributed by atoms with E-state index in [4.69, 9.17) is 26.1 Å². The molecule has 0 atom stereocenters. The molecule has 2 aromatic heterocycles. The van der Waals surface area contributed by atoms with Gasteiger partial charge in [0.1, 0.15) is 12.4 Å². The Morgan fingerprint density at radius 3 is 2.84 bits per heavy atom. The van der Waals surface area contributed by atoms with Gasteiger partial charge < -0.3 is 14.8 Å². The summed E-state index contributed by atoms with van der Waals surface area (Å²) in [5.41, 5.74) is 3.27. The lowest BCUT2D eigenvalue weighted by atomic mass is 10.2. The number of halogens is 1. The number of allylic oxidation sites excluding steroid dienone is 1. The van der Waals surface area contributed by atoms with Crippen LogP contribution >= 0.6 is 22.9 Å². The third-order valence-corrected chi connectivity index (χ3v) is 6.92. The highest BCUT2D eigenvalue weighted by molar-refractivity contribution is 7.22. The number of hydrogen-bond donors (Lipinski definition) is 1. The van der Waals surface area contributed by atoms with E-state index in [1.807, 2.05) is 66.5 Å². The molecule has 10 heteroatoms. The van der Waals surface area contributed by atoms with Crippen molar-refractivity contribution in [3.8, 4) is 5.75 Å². The number of carbonyl (C=O) groups is 1. The van der Waals surface area contributed by atoms with Gasteiger partial charge in [0, 0.05) is 31.0 Å². The van der Waals surface area contributed by atoms with Gasteiger partial charge in [-0.15, -0.1) is 0 Å². The fraction of sp³-hybridized carbons (Fsp3) is 0.222. The number of benzene rings is 2. The molecule has 2 aromatic carbocycles. The van der Waals surface area contributed by atoms with Crippen molar-refractivity contribution >= 4 is 55.6 Å². The number of ether oxygens (including phenoxy) is 2. The fourth-order valence-corrected chi connectivity index (χ4v) is 5.10. The summed E-state index contributed by atoms with van der Waals surface area (Å²) in [5, 5.41) is 8.29. The van der Waals surface area contributed by atoms with Gasteiger partial charge in [-0.05, 0) is 55.5 Å². The minimum absolute atomic E-state index is 0.0911. The number of hydrazine groups is 1. The Labute approximate surface area is 224 Å². The molecular formula is C27H26ClN5O3S. The lowest BCUT2D eigenvalue weighted by molar-refractivity contribution is -0.118. The molecule has 1 aliphatic heterocycles. The Bertz CT molecular complexity index is 1410. The van der Waals surface area contributed by atoms with E-state index in [2.05, 4.69) is 10.3 Å². The van der Waals surface area contributed by atoms with Crippen LogP contribution in [0.25, 0.3) is 10.2 Å². The second-order valence-electron chi connectivity index (χ2n) is 8.27. The molecule has 37 heavy (non-hydrogen) atoms. The zero-order valence-electron chi connectivity index (χ0n) is 20.3. The minimum atomic E-state index is -0.0911. The summed E-state index contributed by atoms with van der Waals surface area (Å²) in [5.74, 6) is 0.493. The van der Waals surface area contributed by atoms with Gasteiger partial charge in [0.2, 0.25) is 0 Å². The van der Waals surface area contributed by atoms with E-state index < -0.39 is 0 Å². The molecule has 3 heterocycles. The Kier molecular flexibility index (Phi) is 7.96. The largest absolute Gasteiger partial charge is 0.486 e. The van der Waals surface area contributed by atoms with E-state index >= 15 is 0 Å². The molecule has 0 unspecified atom stereocenters. The van der Waals surface area contributed by atoms with Crippen LogP contribution in [0, 0.1) is 0 Å². The number of anilines is 3. The van der Waals surface area contributed by atoms with Gasteiger partial charge in [0.15, 0.2) is 5.13 Å². The highest BCUT2D eigenvalue weighted by Gasteiger charge is 2.24. The Balaban J connectivity index is 1.32. The first-order valence-corrected chi connectivity index (χ1v) is 13.1. The zero-order chi connectivity index (χ0) is 25.6. The number of hydrogen-bond acceptors (Lipinski definition) is 8. The molecule has 0 saturated carbocycles. The molecule has 1 aliphatic rings. The summed E-state index contributed by atoms with van der Waals surface area (Å²) in [4.78, 5) is 21.9. The molecule has 0 radical (unpaired) electrons. The number of aromatic nitrogens is 2. The van der Waals surface area contributed by atoms with Gasteiger partial charge in [0.25, 0.3) is 5.91 Å². The van der Waals surface area contributed by atoms with Gasteiger partial charge in [-0.3, -0.25) is 9.78 Å². The van der Waals surface area contributed by atoms with Crippen molar-refractivity contribution in [1.29, 1.82) is 0 Å². The molecule has 0 aliphatic carbocycles. The highest BCUT2D eigenvalue weighted by atomic mass is 35.5. The molecule has 5 rings (SSSR count). The van der Waals surface area contributed by atoms with E-state index in [0.29, 0.717) is 43.7 Å². The number of pyridine rings is 1. The molecule has 1 amide bonds. The maximum atomic E-state index is 12.9. The monoisotopic (exact) mass is 535 g/mol. The Hall–Kier alpha value is -3.50. The maximum absolute atomic E-state index is 12.9. The van der Waals surface area contributed by atoms with Crippen LogP contribution in [0.5, 0.6) is 5.75 Å². The lowest BCUT2D eigenvalue weighted by Crippen LogP contribution is -2.51. The van der Waals surface area contributed by atoms with Crippen molar-refractivity contribution in [3.63, 3.8) is 0 Å². The molecular weight excluding hydrogens is 510 g/mol. The van der Waals surface area contributed by atoms with E-state index in [1.54, 1.807) is 23.4 Å². The number of fused-ring (bicyclic) bond motifs is 1. The summed E-state index contributed by atoms with van der Waals surface area (Å²) >= 11 is 7.98. The van der Waals surface area contributed by atoms with Crippen LogP contribution in [0.3, 0.4) is 0 Å². The predicted molar refractivity (Wildman–Crippen MR) is 148 cm³/mol. The van der Waals surface area contributed by atoms with Crippen molar-refractivity contribution < 1.29 is 14.3 Å². The van der Waals surface area contributed by atoms with Crippen molar-refractivity contribution in [3.05, 3.63) is 83.7 Å². The molecule has 4 aromatic rings. The number of nitrogens with one attached hydrogen (secondary N) is 1. The van der Waals surface area contributed by atoms with Crippen LogP contribution in [0.4, 0.5) is 16.5 Å². The highest BCUT2D eigenvalue weighted by Crippen LogP contribution is 2.34. The van der Waals surface area contributed by atoms with E-state index in [1.165, 1.54) is 11.3 Å². The molecule has 1 fully saturated rings. The lowest BCUT2D eigenvalue weighted by Gasteiger charge is -2.36. The number of rotatable bonds is 8. The minimum Gasteiger partial charge on any atom is -0.486 e. The first-order valence-electron chi connectivity index (χ1n) is 11.9. The van der Waals surface area contributed by atoms with Gasteiger partial charge in [-0.25, -0.2) is 15.0 Å². The van der Waals surface area contributed by atoms with E-state index in [-0.39, 0.29) is 5.91 Å².